The molecule has 1 aliphatic rings. The number of halogens is 5. The van der Waals surface area contributed by atoms with Crippen LogP contribution in [0.5, 0.6) is 5.75 Å². The Morgan fingerprint density at radius 1 is 1.11 bits per heavy atom. The van der Waals surface area contributed by atoms with Crippen LogP contribution in [-0.4, -0.2) is 34.8 Å². The number of nitrogens with one attached hydrogen (secondary N) is 1. The van der Waals surface area contributed by atoms with Crippen molar-refractivity contribution in [2.24, 2.45) is 0 Å². The standard InChI is InChI=1S/C27H27Cl2F3N2OS/c1-17-23(26(36)33-19-9-11-27(31,32)12-10-19)16-25(22-8-3-18(28)15-24(22)29)34(17)20-4-6-21(7-5-20)35-14-2-13-30/h3-8,15-16,19H,2,9-14H2,1H3,(H,33,36). The number of benzene rings is 2. The fourth-order valence-corrected chi connectivity index (χ4v) is 5.33. The van der Waals surface area contributed by atoms with Crippen LogP contribution in [-0.2, 0) is 0 Å². The highest BCUT2D eigenvalue weighted by Crippen LogP contribution is 2.37. The van der Waals surface area contributed by atoms with Crippen molar-refractivity contribution in [3.8, 4) is 22.7 Å². The highest BCUT2D eigenvalue weighted by Gasteiger charge is 2.35. The van der Waals surface area contributed by atoms with Crippen molar-refractivity contribution in [2.45, 2.75) is 51.0 Å². The summed E-state index contributed by atoms with van der Waals surface area (Å²) in [5.74, 6) is -1.95. The summed E-state index contributed by atoms with van der Waals surface area (Å²) in [6, 6.07) is 14.7. The molecule has 0 aliphatic heterocycles. The molecular formula is C27H27Cl2F3N2OS. The van der Waals surface area contributed by atoms with E-state index in [4.69, 9.17) is 40.2 Å². The number of rotatable bonds is 8. The van der Waals surface area contributed by atoms with E-state index in [1.54, 1.807) is 12.1 Å². The van der Waals surface area contributed by atoms with E-state index in [0.717, 1.165) is 28.2 Å². The molecule has 0 radical (unpaired) electrons. The zero-order valence-electron chi connectivity index (χ0n) is 19.8. The van der Waals surface area contributed by atoms with Crippen LogP contribution in [0.4, 0.5) is 13.2 Å². The molecule has 0 atom stereocenters. The summed E-state index contributed by atoms with van der Waals surface area (Å²) >= 11 is 18.4. The van der Waals surface area contributed by atoms with Gasteiger partial charge < -0.3 is 14.6 Å². The van der Waals surface area contributed by atoms with Crippen LogP contribution >= 0.6 is 35.4 Å². The van der Waals surface area contributed by atoms with E-state index in [1.807, 2.05) is 47.9 Å². The highest BCUT2D eigenvalue weighted by molar-refractivity contribution is 7.80. The van der Waals surface area contributed by atoms with Crippen LogP contribution in [0, 0.1) is 6.92 Å². The Labute approximate surface area is 224 Å². The van der Waals surface area contributed by atoms with E-state index in [2.05, 4.69) is 5.32 Å². The predicted octanol–water partition coefficient (Wildman–Crippen LogP) is 8.34. The van der Waals surface area contributed by atoms with Gasteiger partial charge in [0.15, 0.2) is 0 Å². The van der Waals surface area contributed by atoms with Crippen LogP contribution in [0.2, 0.25) is 10.0 Å². The second kappa shape index (κ2) is 11.4. The number of nitrogens with zero attached hydrogens (tertiary/aromatic N) is 1. The molecule has 3 aromatic rings. The van der Waals surface area contributed by atoms with Crippen molar-refractivity contribution < 1.29 is 17.9 Å². The van der Waals surface area contributed by atoms with Gasteiger partial charge in [-0.3, -0.25) is 4.39 Å². The average Bonchev–Trinajstić information content (AvgIpc) is 3.18. The summed E-state index contributed by atoms with van der Waals surface area (Å²) in [6.45, 7) is 1.84. The van der Waals surface area contributed by atoms with Gasteiger partial charge in [-0.15, -0.1) is 0 Å². The minimum Gasteiger partial charge on any atom is -0.493 e. The molecule has 0 unspecified atom stereocenters. The van der Waals surface area contributed by atoms with Gasteiger partial charge in [0.2, 0.25) is 5.92 Å². The molecule has 192 valence electrons. The third-order valence-electron chi connectivity index (χ3n) is 6.39. The van der Waals surface area contributed by atoms with Crippen molar-refractivity contribution >= 4 is 40.4 Å². The van der Waals surface area contributed by atoms with Crippen molar-refractivity contribution in [1.82, 2.24) is 9.88 Å². The summed E-state index contributed by atoms with van der Waals surface area (Å²) in [6.07, 6.45) is 0.792. The molecule has 1 aliphatic carbocycles. The summed E-state index contributed by atoms with van der Waals surface area (Å²) in [4.78, 5) is 0.513. The van der Waals surface area contributed by atoms with Crippen molar-refractivity contribution in [1.29, 1.82) is 0 Å². The first-order chi connectivity index (χ1) is 17.2. The Morgan fingerprint density at radius 3 is 2.44 bits per heavy atom. The number of hydrogen-bond donors (Lipinski definition) is 1. The zero-order chi connectivity index (χ0) is 25.9. The number of alkyl halides is 3. The van der Waals surface area contributed by atoms with Crippen LogP contribution in [0.25, 0.3) is 16.9 Å². The molecule has 1 fully saturated rings. The topological polar surface area (TPSA) is 26.2 Å². The molecule has 0 spiro atoms. The minimum atomic E-state index is -2.60. The molecule has 0 bridgehead atoms. The largest absolute Gasteiger partial charge is 0.493 e. The van der Waals surface area contributed by atoms with Gasteiger partial charge in [-0.25, -0.2) is 8.78 Å². The SMILES string of the molecule is Cc1c(C(=S)NC2CCC(F)(F)CC2)cc(-c2ccc(Cl)cc2Cl)n1-c1ccc(OCCCF)cc1. The number of thiocarbonyl (C=S) groups is 1. The summed E-state index contributed by atoms with van der Waals surface area (Å²) < 4.78 is 47.2. The first-order valence-corrected chi connectivity index (χ1v) is 13.0. The van der Waals surface area contributed by atoms with Gasteiger partial charge in [0, 0.05) is 52.8 Å². The quantitative estimate of drug-likeness (QED) is 0.224. The van der Waals surface area contributed by atoms with Gasteiger partial charge in [0.25, 0.3) is 0 Å². The first-order valence-electron chi connectivity index (χ1n) is 11.8. The second-order valence-corrected chi connectivity index (χ2v) is 10.2. The van der Waals surface area contributed by atoms with Gasteiger partial charge in [0.1, 0.15) is 10.7 Å². The summed E-state index contributed by atoms with van der Waals surface area (Å²) in [7, 11) is 0. The molecule has 1 saturated carbocycles. The van der Waals surface area contributed by atoms with Gasteiger partial charge in [-0.2, -0.15) is 0 Å². The average molecular weight is 555 g/mol. The van der Waals surface area contributed by atoms with E-state index in [0.29, 0.717) is 46.7 Å². The fourth-order valence-electron chi connectivity index (χ4n) is 4.45. The Morgan fingerprint density at radius 2 is 1.81 bits per heavy atom. The lowest BCUT2D eigenvalue weighted by atomic mass is 9.92. The zero-order valence-corrected chi connectivity index (χ0v) is 22.1. The number of hydrogen-bond acceptors (Lipinski definition) is 2. The molecule has 1 N–H and O–H groups in total. The maximum absolute atomic E-state index is 13.6. The number of ether oxygens (including phenoxy) is 1. The van der Waals surface area contributed by atoms with E-state index >= 15 is 0 Å². The molecule has 0 saturated heterocycles. The first kappa shape index (κ1) is 26.8. The maximum atomic E-state index is 13.6. The van der Waals surface area contributed by atoms with Crippen molar-refractivity contribution in [3.63, 3.8) is 0 Å². The van der Waals surface area contributed by atoms with E-state index in [-0.39, 0.29) is 18.9 Å². The lowest BCUT2D eigenvalue weighted by molar-refractivity contribution is -0.0389. The third-order valence-corrected chi connectivity index (χ3v) is 7.28. The van der Waals surface area contributed by atoms with Crippen molar-refractivity contribution in [2.75, 3.05) is 13.3 Å². The predicted molar refractivity (Wildman–Crippen MR) is 144 cm³/mol. The van der Waals surface area contributed by atoms with E-state index in [9.17, 15) is 13.2 Å². The lowest BCUT2D eigenvalue weighted by Crippen LogP contribution is -2.40. The van der Waals surface area contributed by atoms with Crippen LogP contribution < -0.4 is 10.1 Å². The van der Waals surface area contributed by atoms with Gasteiger partial charge in [0.05, 0.1) is 24.0 Å². The normalized spacial score (nSPS) is 15.6. The molecule has 4 rings (SSSR count). The molecule has 1 aromatic heterocycles. The Balaban J connectivity index is 1.68. The van der Waals surface area contributed by atoms with Crippen LogP contribution in [0.1, 0.15) is 43.4 Å². The fraction of sp³-hybridized carbons (Fsp3) is 0.370. The molecular weight excluding hydrogens is 528 g/mol. The van der Waals surface area contributed by atoms with Gasteiger partial charge in [-0.05, 0) is 68.3 Å². The van der Waals surface area contributed by atoms with Crippen molar-refractivity contribution in [3.05, 3.63) is 69.8 Å². The Hall–Kier alpha value is -2.22. The second-order valence-electron chi connectivity index (χ2n) is 8.98. The van der Waals surface area contributed by atoms with Gasteiger partial charge in [-0.1, -0.05) is 35.4 Å². The monoisotopic (exact) mass is 554 g/mol. The molecule has 9 heteroatoms. The highest BCUT2D eigenvalue weighted by atomic mass is 35.5. The molecule has 1 heterocycles. The molecule has 3 nitrogen and oxygen atoms in total. The summed E-state index contributed by atoms with van der Waals surface area (Å²) in [5.41, 5.74) is 4.12. The van der Waals surface area contributed by atoms with Crippen LogP contribution in [0.3, 0.4) is 0 Å². The smallest absolute Gasteiger partial charge is 0.248 e. The lowest BCUT2D eigenvalue weighted by Gasteiger charge is -2.29. The molecule has 0 amide bonds. The molecule has 36 heavy (non-hydrogen) atoms. The number of aromatic nitrogens is 1. The van der Waals surface area contributed by atoms with E-state index < -0.39 is 12.6 Å². The minimum absolute atomic E-state index is 0.0943. The Bertz CT molecular complexity index is 1220. The van der Waals surface area contributed by atoms with Gasteiger partial charge >= 0.3 is 0 Å². The maximum Gasteiger partial charge on any atom is 0.248 e. The third kappa shape index (κ3) is 6.18. The van der Waals surface area contributed by atoms with E-state index in [1.165, 1.54) is 0 Å². The summed E-state index contributed by atoms with van der Waals surface area (Å²) in [5, 5.41) is 4.32. The Kier molecular flexibility index (Phi) is 8.53. The van der Waals surface area contributed by atoms with Crippen LogP contribution in [0.15, 0.2) is 48.5 Å². The molecule has 2 aromatic carbocycles.